The summed E-state index contributed by atoms with van der Waals surface area (Å²) in [6.07, 6.45) is 5.26. The molecule has 1 aliphatic rings. The van der Waals surface area contributed by atoms with Crippen LogP contribution in [-0.4, -0.2) is 24.2 Å². The van der Waals surface area contributed by atoms with Crippen LogP contribution in [0.3, 0.4) is 0 Å². The van der Waals surface area contributed by atoms with E-state index < -0.39 is 0 Å². The third-order valence-corrected chi connectivity index (χ3v) is 2.70. The fourth-order valence-corrected chi connectivity index (χ4v) is 1.67. The van der Waals surface area contributed by atoms with Gasteiger partial charge in [0.2, 0.25) is 0 Å². The second-order valence-electron chi connectivity index (χ2n) is 4.06. The van der Waals surface area contributed by atoms with Crippen LogP contribution in [0.5, 0.6) is 0 Å². The van der Waals surface area contributed by atoms with Crippen LogP contribution in [0.25, 0.3) is 0 Å². The van der Waals surface area contributed by atoms with Gasteiger partial charge in [-0.3, -0.25) is 4.98 Å². The summed E-state index contributed by atoms with van der Waals surface area (Å²) in [7, 11) is 0. The Balaban J connectivity index is 1.72. The fourth-order valence-electron chi connectivity index (χ4n) is 1.67. The molecule has 0 radical (unpaired) electrons. The summed E-state index contributed by atoms with van der Waals surface area (Å²) in [4.78, 5) is 15.7. The number of amides is 2. The van der Waals surface area contributed by atoms with Crippen LogP contribution < -0.4 is 10.6 Å². The smallest absolute Gasteiger partial charge is 0.319 e. The molecule has 0 spiro atoms. The van der Waals surface area contributed by atoms with E-state index in [1.165, 1.54) is 5.57 Å². The van der Waals surface area contributed by atoms with Crippen molar-refractivity contribution < 1.29 is 9.53 Å². The SMILES string of the molecule is O=C(NC=C1CCOCC1)NCc1ccccn1. The standard InChI is InChI=1S/C13H17N3O2/c17-13(15-9-11-4-7-18-8-5-11)16-10-12-3-1-2-6-14-12/h1-3,6,9H,4-5,7-8,10H2,(H2,15,16,17). The molecule has 2 amide bonds. The number of hydrogen-bond donors (Lipinski definition) is 2. The zero-order valence-electron chi connectivity index (χ0n) is 10.2. The van der Waals surface area contributed by atoms with Gasteiger partial charge in [0.15, 0.2) is 0 Å². The third-order valence-electron chi connectivity index (χ3n) is 2.70. The van der Waals surface area contributed by atoms with E-state index in [4.69, 9.17) is 4.74 Å². The maximum absolute atomic E-state index is 11.5. The molecular formula is C13H17N3O2. The molecule has 18 heavy (non-hydrogen) atoms. The van der Waals surface area contributed by atoms with Crippen molar-refractivity contribution in [3.63, 3.8) is 0 Å². The van der Waals surface area contributed by atoms with Crippen molar-refractivity contribution in [2.24, 2.45) is 0 Å². The third kappa shape index (κ3) is 4.18. The number of nitrogens with zero attached hydrogens (tertiary/aromatic N) is 1. The molecule has 1 aromatic heterocycles. The predicted molar refractivity (Wildman–Crippen MR) is 67.7 cm³/mol. The van der Waals surface area contributed by atoms with Crippen LogP contribution >= 0.6 is 0 Å². The molecule has 2 N–H and O–H groups in total. The number of urea groups is 1. The van der Waals surface area contributed by atoms with Crippen LogP contribution in [0.1, 0.15) is 18.5 Å². The van der Waals surface area contributed by atoms with E-state index in [-0.39, 0.29) is 6.03 Å². The minimum atomic E-state index is -0.209. The summed E-state index contributed by atoms with van der Waals surface area (Å²) in [5.74, 6) is 0. The first-order valence-electron chi connectivity index (χ1n) is 6.04. The largest absolute Gasteiger partial charge is 0.381 e. The zero-order chi connectivity index (χ0) is 12.6. The zero-order valence-corrected chi connectivity index (χ0v) is 10.2. The van der Waals surface area contributed by atoms with Crippen LogP contribution in [-0.2, 0) is 11.3 Å². The van der Waals surface area contributed by atoms with Crippen LogP contribution in [0.4, 0.5) is 4.79 Å². The van der Waals surface area contributed by atoms with Gasteiger partial charge in [-0.15, -0.1) is 0 Å². The first-order valence-corrected chi connectivity index (χ1v) is 6.04. The number of aromatic nitrogens is 1. The number of rotatable bonds is 3. The molecule has 5 heteroatoms. The number of ether oxygens (including phenoxy) is 1. The minimum Gasteiger partial charge on any atom is -0.381 e. The maximum atomic E-state index is 11.5. The first kappa shape index (κ1) is 12.6. The van der Waals surface area contributed by atoms with E-state index in [0.717, 1.165) is 31.7 Å². The Morgan fingerprint density at radius 3 is 2.94 bits per heavy atom. The lowest BCUT2D eigenvalue weighted by atomic mass is 10.1. The van der Waals surface area contributed by atoms with Crippen molar-refractivity contribution >= 4 is 6.03 Å². The van der Waals surface area contributed by atoms with Gasteiger partial charge in [0.05, 0.1) is 25.5 Å². The Labute approximate surface area is 106 Å². The van der Waals surface area contributed by atoms with Gasteiger partial charge in [0, 0.05) is 12.4 Å². The first-order chi connectivity index (χ1) is 8.84. The van der Waals surface area contributed by atoms with Gasteiger partial charge < -0.3 is 15.4 Å². The van der Waals surface area contributed by atoms with Crippen LogP contribution in [0.15, 0.2) is 36.2 Å². The highest BCUT2D eigenvalue weighted by Gasteiger charge is 2.05. The molecule has 5 nitrogen and oxygen atoms in total. The number of nitrogens with one attached hydrogen (secondary N) is 2. The predicted octanol–water partition coefficient (Wildman–Crippen LogP) is 1.58. The van der Waals surface area contributed by atoms with E-state index in [1.807, 2.05) is 18.2 Å². The normalized spacial score (nSPS) is 15.0. The molecule has 0 bridgehead atoms. The highest BCUT2D eigenvalue weighted by Crippen LogP contribution is 2.11. The van der Waals surface area contributed by atoms with Gasteiger partial charge in [-0.2, -0.15) is 0 Å². The topological polar surface area (TPSA) is 63.2 Å². The summed E-state index contributed by atoms with van der Waals surface area (Å²) >= 11 is 0. The molecule has 0 atom stereocenters. The van der Waals surface area contributed by atoms with E-state index in [9.17, 15) is 4.79 Å². The summed E-state index contributed by atoms with van der Waals surface area (Å²) in [5.41, 5.74) is 2.06. The van der Waals surface area contributed by atoms with Gasteiger partial charge in [-0.05, 0) is 30.5 Å². The van der Waals surface area contributed by atoms with Crippen molar-refractivity contribution in [2.45, 2.75) is 19.4 Å². The molecule has 0 saturated carbocycles. The van der Waals surface area contributed by atoms with Gasteiger partial charge in [0.25, 0.3) is 0 Å². The van der Waals surface area contributed by atoms with Gasteiger partial charge >= 0.3 is 6.03 Å². The van der Waals surface area contributed by atoms with Gasteiger partial charge in [-0.1, -0.05) is 6.07 Å². The highest BCUT2D eigenvalue weighted by molar-refractivity contribution is 5.74. The lowest BCUT2D eigenvalue weighted by Gasteiger charge is -2.14. The molecule has 0 unspecified atom stereocenters. The second kappa shape index (κ2) is 6.76. The van der Waals surface area contributed by atoms with Crippen molar-refractivity contribution in [3.8, 4) is 0 Å². The average molecular weight is 247 g/mol. The molecule has 1 aliphatic heterocycles. The van der Waals surface area contributed by atoms with Crippen molar-refractivity contribution in [1.82, 2.24) is 15.6 Å². The summed E-state index contributed by atoms with van der Waals surface area (Å²) in [6.45, 7) is 1.91. The highest BCUT2D eigenvalue weighted by atomic mass is 16.5. The Morgan fingerprint density at radius 2 is 2.22 bits per heavy atom. The molecule has 2 rings (SSSR count). The Kier molecular flexibility index (Phi) is 4.72. The molecule has 1 aromatic rings. The summed E-state index contributed by atoms with van der Waals surface area (Å²) < 4.78 is 5.23. The fraction of sp³-hybridized carbons (Fsp3) is 0.385. The Bertz CT molecular complexity index is 410. The Hall–Kier alpha value is -1.88. The number of hydrogen-bond acceptors (Lipinski definition) is 3. The monoisotopic (exact) mass is 247 g/mol. The molecule has 0 aliphatic carbocycles. The number of pyridine rings is 1. The Morgan fingerprint density at radius 1 is 1.39 bits per heavy atom. The van der Waals surface area contributed by atoms with Crippen molar-refractivity contribution in [2.75, 3.05) is 13.2 Å². The molecule has 0 aromatic carbocycles. The van der Waals surface area contributed by atoms with E-state index >= 15 is 0 Å². The second-order valence-corrected chi connectivity index (χ2v) is 4.06. The van der Waals surface area contributed by atoms with Crippen molar-refractivity contribution in [3.05, 3.63) is 41.9 Å². The van der Waals surface area contributed by atoms with Gasteiger partial charge in [0.1, 0.15) is 0 Å². The van der Waals surface area contributed by atoms with Gasteiger partial charge in [-0.25, -0.2) is 4.79 Å². The lowest BCUT2D eigenvalue weighted by molar-refractivity contribution is 0.119. The number of carbonyl (C=O) groups excluding carboxylic acids is 1. The molecule has 1 saturated heterocycles. The quantitative estimate of drug-likeness (QED) is 0.852. The van der Waals surface area contributed by atoms with Crippen LogP contribution in [0.2, 0.25) is 0 Å². The molecule has 96 valence electrons. The van der Waals surface area contributed by atoms with E-state index in [1.54, 1.807) is 12.4 Å². The van der Waals surface area contributed by atoms with E-state index in [0.29, 0.717) is 6.54 Å². The lowest BCUT2D eigenvalue weighted by Crippen LogP contribution is -2.32. The van der Waals surface area contributed by atoms with Crippen molar-refractivity contribution in [1.29, 1.82) is 0 Å². The molecule has 1 fully saturated rings. The summed E-state index contributed by atoms with van der Waals surface area (Å²) in [6, 6.07) is 5.40. The van der Waals surface area contributed by atoms with Crippen LogP contribution in [0, 0.1) is 0 Å². The minimum absolute atomic E-state index is 0.209. The van der Waals surface area contributed by atoms with E-state index in [2.05, 4.69) is 15.6 Å². The molecular weight excluding hydrogens is 230 g/mol. The number of carbonyl (C=O) groups is 1. The summed E-state index contributed by atoms with van der Waals surface area (Å²) in [5, 5.41) is 5.48. The average Bonchev–Trinajstić information content (AvgIpc) is 2.45. The molecule has 2 heterocycles. The maximum Gasteiger partial charge on any atom is 0.319 e.